The van der Waals surface area contributed by atoms with Crippen molar-refractivity contribution in [2.75, 3.05) is 26.7 Å². The van der Waals surface area contributed by atoms with Gasteiger partial charge in [0.05, 0.1) is 4.90 Å². The standard InChI is InChI=1S/C16H25N3O5S/c1-16(2,3)24-12-5-7-13(8-6-12)25(22,23)19-10-9-18(4)11-14(19)15(20)17-21/h5-8,14,21H,9-11H2,1-4H3,(H,17,20)/t14-/m1/s1. The van der Waals surface area contributed by atoms with Gasteiger partial charge in [-0.3, -0.25) is 10.0 Å². The van der Waals surface area contributed by atoms with Gasteiger partial charge >= 0.3 is 0 Å². The van der Waals surface area contributed by atoms with E-state index in [1.807, 2.05) is 25.7 Å². The van der Waals surface area contributed by atoms with Crippen LogP contribution in [-0.2, 0) is 14.8 Å². The third-order valence-electron chi connectivity index (χ3n) is 3.80. The monoisotopic (exact) mass is 371 g/mol. The van der Waals surface area contributed by atoms with E-state index in [2.05, 4.69) is 0 Å². The summed E-state index contributed by atoms with van der Waals surface area (Å²) in [4.78, 5) is 13.8. The van der Waals surface area contributed by atoms with Crippen molar-refractivity contribution in [2.45, 2.75) is 37.3 Å². The number of benzene rings is 1. The molecule has 2 N–H and O–H groups in total. The van der Waals surface area contributed by atoms with Crippen molar-refractivity contribution in [3.05, 3.63) is 24.3 Å². The average Bonchev–Trinajstić information content (AvgIpc) is 2.52. The second kappa shape index (κ2) is 7.28. The Bertz CT molecular complexity index is 712. The Kier molecular flexibility index (Phi) is 5.72. The van der Waals surface area contributed by atoms with Gasteiger partial charge in [0.1, 0.15) is 17.4 Å². The summed E-state index contributed by atoms with van der Waals surface area (Å²) in [7, 11) is -2.08. The molecule has 1 aromatic rings. The van der Waals surface area contributed by atoms with Gasteiger partial charge in [-0.2, -0.15) is 4.31 Å². The lowest BCUT2D eigenvalue weighted by Gasteiger charge is -2.37. The predicted molar refractivity (Wildman–Crippen MR) is 91.9 cm³/mol. The molecule has 1 amide bonds. The van der Waals surface area contributed by atoms with E-state index < -0.39 is 22.0 Å². The van der Waals surface area contributed by atoms with E-state index in [9.17, 15) is 13.2 Å². The normalized spacial score (nSPS) is 20.3. The van der Waals surface area contributed by atoms with E-state index in [-0.39, 0.29) is 23.6 Å². The fourth-order valence-electron chi connectivity index (χ4n) is 2.65. The molecule has 0 aliphatic carbocycles. The number of hydrogen-bond donors (Lipinski definition) is 2. The van der Waals surface area contributed by atoms with Crippen molar-refractivity contribution in [1.82, 2.24) is 14.7 Å². The summed E-state index contributed by atoms with van der Waals surface area (Å²) in [6.45, 7) is 6.58. The topological polar surface area (TPSA) is 99.2 Å². The molecule has 1 atom stereocenters. The molecule has 1 heterocycles. The number of likely N-dealkylation sites (N-methyl/N-ethyl adjacent to an activating group) is 1. The lowest BCUT2D eigenvalue weighted by atomic mass is 10.2. The molecule has 1 aliphatic rings. The summed E-state index contributed by atoms with van der Waals surface area (Å²) in [6.07, 6.45) is 0. The van der Waals surface area contributed by atoms with Gasteiger partial charge < -0.3 is 9.64 Å². The molecule has 1 fully saturated rings. The molecule has 0 aromatic heterocycles. The third kappa shape index (κ3) is 4.69. The van der Waals surface area contributed by atoms with Crippen molar-refractivity contribution >= 4 is 15.9 Å². The third-order valence-corrected chi connectivity index (χ3v) is 5.72. The summed E-state index contributed by atoms with van der Waals surface area (Å²) in [5, 5.41) is 8.92. The Balaban J connectivity index is 2.28. The van der Waals surface area contributed by atoms with Gasteiger partial charge in [0.25, 0.3) is 5.91 Å². The molecule has 1 aliphatic heterocycles. The SMILES string of the molecule is CN1CCN(S(=O)(=O)c2ccc(OC(C)(C)C)cc2)[C@@H](C(=O)NO)C1. The highest BCUT2D eigenvalue weighted by Crippen LogP contribution is 2.25. The van der Waals surface area contributed by atoms with Crippen LogP contribution in [0, 0.1) is 0 Å². The van der Waals surface area contributed by atoms with Gasteiger partial charge in [0, 0.05) is 19.6 Å². The smallest absolute Gasteiger partial charge is 0.263 e. The zero-order valence-corrected chi connectivity index (χ0v) is 15.7. The number of nitrogens with one attached hydrogen (secondary N) is 1. The average molecular weight is 371 g/mol. The van der Waals surface area contributed by atoms with Crippen molar-refractivity contribution in [1.29, 1.82) is 0 Å². The maximum absolute atomic E-state index is 12.9. The molecule has 8 nitrogen and oxygen atoms in total. The number of carbonyl (C=O) groups is 1. The zero-order chi connectivity index (χ0) is 18.8. The summed E-state index contributed by atoms with van der Waals surface area (Å²) < 4.78 is 32.7. The highest BCUT2D eigenvalue weighted by atomic mass is 32.2. The van der Waals surface area contributed by atoms with E-state index in [0.29, 0.717) is 12.3 Å². The van der Waals surface area contributed by atoms with Gasteiger partial charge in [-0.15, -0.1) is 0 Å². The minimum absolute atomic E-state index is 0.0778. The van der Waals surface area contributed by atoms with Crippen LogP contribution in [0.3, 0.4) is 0 Å². The first-order valence-corrected chi connectivity index (χ1v) is 9.42. The van der Waals surface area contributed by atoms with Gasteiger partial charge in [0.15, 0.2) is 0 Å². The number of carbonyl (C=O) groups excluding carboxylic acids is 1. The van der Waals surface area contributed by atoms with E-state index in [4.69, 9.17) is 9.94 Å². The van der Waals surface area contributed by atoms with Gasteiger partial charge in [-0.05, 0) is 52.1 Å². The van der Waals surface area contributed by atoms with Crippen LogP contribution < -0.4 is 10.2 Å². The quantitative estimate of drug-likeness (QED) is 0.596. The number of hydrogen-bond acceptors (Lipinski definition) is 6. The molecule has 9 heteroatoms. The van der Waals surface area contributed by atoms with E-state index in [1.165, 1.54) is 12.1 Å². The molecule has 0 unspecified atom stereocenters. The molecule has 1 aromatic carbocycles. The van der Waals surface area contributed by atoms with E-state index >= 15 is 0 Å². The fraction of sp³-hybridized carbons (Fsp3) is 0.562. The van der Waals surface area contributed by atoms with E-state index in [0.717, 1.165) is 4.31 Å². The summed E-state index contributed by atoms with van der Waals surface area (Å²) in [5.74, 6) is -0.183. The van der Waals surface area contributed by atoms with Gasteiger partial charge in [0.2, 0.25) is 10.0 Å². The first kappa shape index (κ1) is 19.6. The minimum Gasteiger partial charge on any atom is -0.488 e. The zero-order valence-electron chi connectivity index (χ0n) is 14.9. The number of amides is 1. The summed E-state index contributed by atoms with van der Waals surface area (Å²) >= 11 is 0. The first-order chi connectivity index (χ1) is 11.5. The number of sulfonamides is 1. The predicted octanol–water partition coefficient (Wildman–Crippen LogP) is 0.674. The van der Waals surface area contributed by atoms with Crippen LogP contribution in [0.25, 0.3) is 0 Å². The lowest BCUT2D eigenvalue weighted by molar-refractivity contribution is -0.134. The van der Waals surface area contributed by atoms with Crippen molar-refractivity contribution in [3.8, 4) is 5.75 Å². The molecule has 0 spiro atoms. The Hall–Kier alpha value is -1.68. The highest BCUT2D eigenvalue weighted by molar-refractivity contribution is 7.89. The molecule has 0 saturated carbocycles. The number of rotatable bonds is 4. The second-order valence-corrected chi connectivity index (χ2v) is 8.95. The first-order valence-electron chi connectivity index (χ1n) is 7.98. The second-order valence-electron chi connectivity index (χ2n) is 7.06. The summed E-state index contributed by atoms with van der Waals surface area (Å²) in [5.41, 5.74) is 1.17. The minimum atomic E-state index is -3.87. The van der Waals surface area contributed by atoms with Crippen molar-refractivity contribution in [2.24, 2.45) is 0 Å². The number of nitrogens with zero attached hydrogens (tertiary/aromatic N) is 2. The number of ether oxygens (including phenoxy) is 1. The van der Waals surface area contributed by atoms with Crippen molar-refractivity contribution < 1.29 is 23.2 Å². The van der Waals surface area contributed by atoms with Gasteiger partial charge in [-0.1, -0.05) is 0 Å². The Morgan fingerprint density at radius 3 is 2.36 bits per heavy atom. The maximum atomic E-state index is 12.9. The summed E-state index contributed by atoms with van der Waals surface area (Å²) in [6, 6.07) is 5.12. The Morgan fingerprint density at radius 2 is 1.84 bits per heavy atom. The number of hydroxylamine groups is 1. The van der Waals surface area contributed by atoms with Crippen LogP contribution >= 0.6 is 0 Å². The van der Waals surface area contributed by atoms with Crippen LogP contribution in [-0.4, -0.2) is 67.1 Å². The molecule has 0 radical (unpaired) electrons. The molecule has 25 heavy (non-hydrogen) atoms. The molecule has 0 bridgehead atoms. The molecular weight excluding hydrogens is 346 g/mol. The Morgan fingerprint density at radius 1 is 1.24 bits per heavy atom. The maximum Gasteiger partial charge on any atom is 0.263 e. The van der Waals surface area contributed by atoms with Crippen molar-refractivity contribution in [3.63, 3.8) is 0 Å². The van der Waals surface area contributed by atoms with E-state index in [1.54, 1.807) is 24.7 Å². The fourth-order valence-corrected chi connectivity index (χ4v) is 4.22. The molecule has 2 rings (SSSR count). The highest BCUT2D eigenvalue weighted by Gasteiger charge is 2.39. The van der Waals surface area contributed by atoms with Crippen LogP contribution in [0.2, 0.25) is 0 Å². The van der Waals surface area contributed by atoms with Crippen LogP contribution in [0.5, 0.6) is 5.75 Å². The van der Waals surface area contributed by atoms with Crippen LogP contribution in [0.4, 0.5) is 0 Å². The Labute approximate surface area is 148 Å². The van der Waals surface area contributed by atoms with Crippen LogP contribution in [0.15, 0.2) is 29.2 Å². The van der Waals surface area contributed by atoms with Crippen LogP contribution in [0.1, 0.15) is 20.8 Å². The molecule has 1 saturated heterocycles. The molecule has 140 valence electrons. The number of piperazine rings is 1. The molecular formula is C16H25N3O5S. The van der Waals surface area contributed by atoms with Gasteiger partial charge in [-0.25, -0.2) is 13.9 Å². The largest absolute Gasteiger partial charge is 0.488 e. The lowest BCUT2D eigenvalue weighted by Crippen LogP contribution is -2.59.